The summed E-state index contributed by atoms with van der Waals surface area (Å²) in [5, 5.41) is 6.90. The highest BCUT2D eigenvalue weighted by molar-refractivity contribution is 7.08. The van der Waals surface area contributed by atoms with Gasteiger partial charge in [-0.1, -0.05) is 23.7 Å². The van der Waals surface area contributed by atoms with Gasteiger partial charge in [0.25, 0.3) is 5.91 Å². The van der Waals surface area contributed by atoms with Crippen molar-refractivity contribution in [3.8, 4) is 0 Å². The average Bonchev–Trinajstić information content (AvgIpc) is 3.01. The van der Waals surface area contributed by atoms with Crippen LogP contribution < -0.4 is 5.32 Å². The summed E-state index contributed by atoms with van der Waals surface area (Å²) in [7, 11) is 0. The SMILES string of the molecule is O=C(CCNC(=O)c1ccsc1)OCc1ccc(Cl)cc1. The van der Waals surface area contributed by atoms with E-state index in [-0.39, 0.29) is 31.4 Å². The van der Waals surface area contributed by atoms with Crippen LogP contribution in [0.1, 0.15) is 22.3 Å². The van der Waals surface area contributed by atoms with Gasteiger partial charge in [0.2, 0.25) is 0 Å². The molecule has 0 aliphatic rings. The summed E-state index contributed by atoms with van der Waals surface area (Å²) in [6.07, 6.45) is 0.142. The number of nitrogens with one attached hydrogen (secondary N) is 1. The first kappa shape index (κ1) is 15.5. The lowest BCUT2D eigenvalue weighted by molar-refractivity contribution is -0.144. The van der Waals surface area contributed by atoms with E-state index in [1.165, 1.54) is 11.3 Å². The smallest absolute Gasteiger partial charge is 0.307 e. The topological polar surface area (TPSA) is 55.4 Å². The van der Waals surface area contributed by atoms with E-state index in [4.69, 9.17) is 16.3 Å². The summed E-state index contributed by atoms with van der Waals surface area (Å²) < 4.78 is 5.11. The van der Waals surface area contributed by atoms with Gasteiger partial charge in [-0.2, -0.15) is 11.3 Å². The molecular weight excluding hydrogens is 310 g/mol. The molecule has 6 heteroatoms. The van der Waals surface area contributed by atoms with Gasteiger partial charge >= 0.3 is 5.97 Å². The Hall–Kier alpha value is -1.85. The lowest BCUT2D eigenvalue weighted by atomic mass is 10.2. The van der Waals surface area contributed by atoms with Crippen LogP contribution >= 0.6 is 22.9 Å². The first-order chi connectivity index (χ1) is 10.1. The molecule has 4 nitrogen and oxygen atoms in total. The fraction of sp³-hybridized carbons (Fsp3) is 0.200. The maximum Gasteiger partial charge on any atom is 0.307 e. The van der Waals surface area contributed by atoms with Gasteiger partial charge in [0, 0.05) is 22.5 Å². The molecule has 2 aromatic rings. The van der Waals surface area contributed by atoms with Gasteiger partial charge in [-0.05, 0) is 29.1 Å². The summed E-state index contributed by atoms with van der Waals surface area (Å²) in [5.74, 6) is -0.530. The Labute approximate surface area is 131 Å². The Morgan fingerprint density at radius 2 is 1.95 bits per heavy atom. The summed E-state index contributed by atoms with van der Waals surface area (Å²) in [5.41, 5.74) is 1.48. The fourth-order valence-corrected chi connectivity index (χ4v) is 2.35. The van der Waals surface area contributed by atoms with Crippen LogP contribution in [-0.4, -0.2) is 18.4 Å². The van der Waals surface area contributed by atoms with E-state index in [2.05, 4.69) is 5.32 Å². The van der Waals surface area contributed by atoms with Gasteiger partial charge in [-0.15, -0.1) is 0 Å². The molecule has 0 bridgehead atoms. The molecule has 0 aliphatic carbocycles. The van der Waals surface area contributed by atoms with Crippen LogP contribution in [0.25, 0.3) is 0 Å². The van der Waals surface area contributed by atoms with E-state index in [0.717, 1.165) is 5.56 Å². The normalized spacial score (nSPS) is 10.1. The quantitative estimate of drug-likeness (QED) is 0.830. The molecule has 1 aromatic heterocycles. The molecule has 1 amide bonds. The Morgan fingerprint density at radius 1 is 1.19 bits per heavy atom. The highest BCUT2D eigenvalue weighted by Gasteiger charge is 2.07. The van der Waals surface area contributed by atoms with Crippen LogP contribution in [0.5, 0.6) is 0 Å². The Kier molecular flexibility index (Phi) is 5.78. The molecule has 0 saturated heterocycles. The third kappa shape index (κ3) is 5.21. The maximum absolute atomic E-state index is 11.6. The lowest BCUT2D eigenvalue weighted by Gasteiger charge is -2.06. The molecule has 110 valence electrons. The predicted molar refractivity (Wildman–Crippen MR) is 82.5 cm³/mol. The van der Waals surface area contributed by atoms with Gasteiger partial charge < -0.3 is 10.1 Å². The van der Waals surface area contributed by atoms with E-state index in [1.807, 2.05) is 5.38 Å². The van der Waals surface area contributed by atoms with Crippen LogP contribution in [-0.2, 0) is 16.1 Å². The summed E-state index contributed by atoms with van der Waals surface area (Å²) in [4.78, 5) is 23.2. The van der Waals surface area contributed by atoms with Gasteiger partial charge in [-0.3, -0.25) is 9.59 Å². The first-order valence-electron chi connectivity index (χ1n) is 6.35. The molecule has 1 aromatic carbocycles. The minimum Gasteiger partial charge on any atom is -0.461 e. The summed E-state index contributed by atoms with van der Waals surface area (Å²) in [6.45, 7) is 0.461. The van der Waals surface area contributed by atoms with Crippen molar-refractivity contribution >= 4 is 34.8 Å². The number of hydrogen-bond acceptors (Lipinski definition) is 4. The molecule has 1 heterocycles. The number of ether oxygens (including phenoxy) is 1. The van der Waals surface area contributed by atoms with Crippen molar-refractivity contribution in [1.82, 2.24) is 5.32 Å². The maximum atomic E-state index is 11.6. The largest absolute Gasteiger partial charge is 0.461 e. The molecule has 0 unspecified atom stereocenters. The number of esters is 1. The second-order valence-electron chi connectivity index (χ2n) is 4.31. The van der Waals surface area contributed by atoms with Crippen LogP contribution in [0.2, 0.25) is 5.02 Å². The Morgan fingerprint density at radius 3 is 2.62 bits per heavy atom. The van der Waals surface area contributed by atoms with E-state index < -0.39 is 0 Å². The van der Waals surface area contributed by atoms with Crippen LogP contribution in [0.4, 0.5) is 0 Å². The number of carbonyl (C=O) groups excluding carboxylic acids is 2. The molecule has 0 saturated carbocycles. The average molecular weight is 324 g/mol. The van der Waals surface area contributed by atoms with E-state index in [1.54, 1.807) is 35.7 Å². The third-order valence-electron chi connectivity index (χ3n) is 2.71. The highest BCUT2D eigenvalue weighted by atomic mass is 35.5. The van der Waals surface area contributed by atoms with Crippen LogP contribution in [0, 0.1) is 0 Å². The molecule has 0 atom stereocenters. The van der Waals surface area contributed by atoms with Crippen molar-refractivity contribution in [1.29, 1.82) is 0 Å². The van der Waals surface area contributed by atoms with E-state index in [9.17, 15) is 9.59 Å². The standard InChI is InChI=1S/C15H14ClNO3S/c16-13-3-1-11(2-4-13)9-20-14(18)5-7-17-15(19)12-6-8-21-10-12/h1-4,6,8,10H,5,7,9H2,(H,17,19). The fourth-order valence-electron chi connectivity index (χ4n) is 1.59. The second kappa shape index (κ2) is 7.81. The van der Waals surface area contributed by atoms with E-state index >= 15 is 0 Å². The third-order valence-corrected chi connectivity index (χ3v) is 3.65. The molecule has 0 fully saturated rings. The van der Waals surface area contributed by atoms with Gasteiger partial charge in [-0.25, -0.2) is 0 Å². The predicted octanol–water partition coefficient (Wildman–Crippen LogP) is 3.26. The number of benzene rings is 1. The molecule has 1 N–H and O–H groups in total. The summed E-state index contributed by atoms with van der Waals surface area (Å²) in [6, 6.07) is 8.82. The van der Waals surface area contributed by atoms with Crippen molar-refractivity contribution in [2.45, 2.75) is 13.0 Å². The molecule has 0 aliphatic heterocycles. The van der Waals surface area contributed by atoms with E-state index in [0.29, 0.717) is 10.6 Å². The van der Waals surface area contributed by atoms with Gasteiger partial charge in [0.05, 0.1) is 6.42 Å². The number of carbonyl (C=O) groups is 2. The zero-order valence-corrected chi connectivity index (χ0v) is 12.7. The second-order valence-corrected chi connectivity index (χ2v) is 5.52. The highest BCUT2D eigenvalue weighted by Crippen LogP contribution is 2.10. The van der Waals surface area contributed by atoms with Crippen molar-refractivity contribution in [2.75, 3.05) is 6.54 Å². The van der Waals surface area contributed by atoms with Crippen molar-refractivity contribution < 1.29 is 14.3 Å². The van der Waals surface area contributed by atoms with Gasteiger partial charge in [0.1, 0.15) is 6.61 Å². The van der Waals surface area contributed by atoms with Crippen molar-refractivity contribution in [3.05, 3.63) is 57.2 Å². The Balaban J connectivity index is 1.66. The first-order valence-corrected chi connectivity index (χ1v) is 7.67. The lowest BCUT2D eigenvalue weighted by Crippen LogP contribution is -2.26. The Bertz CT molecular complexity index is 596. The van der Waals surface area contributed by atoms with Crippen LogP contribution in [0.15, 0.2) is 41.1 Å². The zero-order valence-electron chi connectivity index (χ0n) is 11.2. The minimum atomic E-state index is -0.351. The monoisotopic (exact) mass is 323 g/mol. The molecular formula is C15H14ClNO3S. The number of thiophene rings is 1. The van der Waals surface area contributed by atoms with Crippen molar-refractivity contribution in [3.63, 3.8) is 0 Å². The molecule has 0 radical (unpaired) electrons. The number of halogens is 1. The van der Waals surface area contributed by atoms with Crippen LogP contribution in [0.3, 0.4) is 0 Å². The summed E-state index contributed by atoms with van der Waals surface area (Å²) >= 11 is 7.22. The number of rotatable bonds is 6. The molecule has 2 rings (SSSR count). The number of hydrogen-bond donors (Lipinski definition) is 1. The minimum absolute atomic E-state index is 0.142. The molecule has 21 heavy (non-hydrogen) atoms. The zero-order chi connectivity index (χ0) is 15.1. The van der Waals surface area contributed by atoms with Crippen molar-refractivity contribution in [2.24, 2.45) is 0 Å². The molecule has 0 spiro atoms. The van der Waals surface area contributed by atoms with Gasteiger partial charge in [0.15, 0.2) is 0 Å². The number of amides is 1.